The summed E-state index contributed by atoms with van der Waals surface area (Å²) in [7, 11) is 0. The summed E-state index contributed by atoms with van der Waals surface area (Å²) in [5, 5.41) is 10.0. The van der Waals surface area contributed by atoms with Crippen molar-refractivity contribution in [2.45, 2.75) is 6.42 Å². The Morgan fingerprint density at radius 2 is 2.10 bits per heavy atom. The molecule has 1 amide bonds. The third-order valence-corrected chi connectivity index (χ3v) is 3.43. The average molecular weight is 272 g/mol. The molecule has 0 saturated carbocycles. The van der Waals surface area contributed by atoms with Crippen molar-refractivity contribution in [1.82, 2.24) is 4.98 Å². The molecule has 4 nitrogen and oxygen atoms in total. The van der Waals surface area contributed by atoms with Crippen molar-refractivity contribution in [3.63, 3.8) is 0 Å². The molecule has 0 aliphatic carbocycles. The van der Waals surface area contributed by atoms with Crippen LogP contribution in [-0.4, -0.2) is 22.6 Å². The predicted molar refractivity (Wildman–Crippen MR) is 75.1 cm³/mol. The van der Waals surface area contributed by atoms with Gasteiger partial charge < -0.3 is 15.8 Å². The smallest absolute Gasteiger partial charge is 0.250 e. The highest BCUT2D eigenvalue weighted by molar-refractivity contribution is 6.14. The van der Waals surface area contributed by atoms with E-state index in [0.717, 1.165) is 11.1 Å². The van der Waals surface area contributed by atoms with Crippen LogP contribution < -0.4 is 5.73 Å². The standard InChI is InChI=1S/C15H13FN2O2/c16-11-4-3-10(15(17)20)14-13(11)9-2-1-8(5-6-19)7-12(9)18-14/h1-4,7,18-19H,5-6H2,(H2,17,20). The van der Waals surface area contributed by atoms with Gasteiger partial charge in [-0.15, -0.1) is 0 Å². The Labute approximate surface area is 114 Å². The molecular formula is C15H13FN2O2. The zero-order valence-corrected chi connectivity index (χ0v) is 10.6. The van der Waals surface area contributed by atoms with Gasteiger partial charge >= 0.3 is 0 Å². The fourth-order valence-electron chi connectivity index (χ4n) is 2.51. The van der Waals surface area contributed by atoms with E-state index in [1.54, 1.807) is 6.07 Å². The number of H-pyrrole nitrogens is 1. The van der Waals surface area contributed by atoms with Crippen LogP contribution in [0, 0.1) is 5.82 Å². The van der Waals surface area contributed by atoms with Gasteiger partial charge in [-0.1, -0.05) is 12.1 Å². The lowest BCUT2D eigenvalue weighted by Gasteiger charge is -1.99. The lowest BCUT2D eigenvalue weighted by molar-refractivity contribution is 0.100. The van der Waals surface area contributed by atoms with E-state index in [1.165, 1.54) is 12.1 Å². The predicted octanol–water partition coefficient (Wildman–Crippen LogP) is 2.09. The Morgan fingerprint density at radius 3 is 2.80 bits per heavy atom. The molecule has 4 N–H and O–H groups in total. The van der Waals surface area contributed by atoms with Crippen LogP contribution in [0.25, 0.3) is 21.8 Å². The van der Waals surface area contributed by atoms with Gasteiger partial charge in [-0.3, -0.25) is 4.79 Å². The number of rotatable bonds is 3. The molecule has 0 radical (unpaired) electrons. The molecule has 1 heterocycles. The zero-order chi connectivity index (χ0) is 14.3. The van der Waals surface area contributed by atoms with Crippen LogP contribution in [0.4, 0.5) is 4.39 Å². The molecule has 1 aromatic heterocycles. The summed E-state index contributed by atoms with van der Waals surface area (Å²) in [4.78, 5) is 14.5. The molecule has 0 bridgehead atoms. The van der Waals surface area contributed by atoms with E-state index in [0.29, 0.717) is 22.7 Å². The van der Waals surface area contributed by atoms with Gasteiger partial charge in [-0.25, -0.2) is 4.39 Å². The van der Waals surface area contributed by atoms with Crippen molar-refractivity contribution in [3.05, 3.63) is 47.3 Å². The number of halogens is 1. The molecule has 0 unspecified atom stereocenters. The highest BCUT2D eigenvalue weighted by atomic mass is 19.1. The van der Waals surface area contributed by atoms with Crippen molar-refractivity contribution < 1.29 is 14.3 Å². The second kappa shape index (κ2) is 4.61. The van der Waals surface area contributed by atoms with E-state index < -0.39 is 11.7 Å². The normalized spacial score (nSPS) is 11.3. The second-order valence-electron chi connectivity index (χ2n) is 4.69. The summed E-state index contributed by atoms with van der Waals surface area (Å²) in [6, 6.07) is 8.09. The lowest BCUT2D eigenvalue weighted by atomic mass is 10.1. The maximum Gasteiger partial charge on any atom is 0.250 e. The topological polar surface area (TPSA) is 79.1 Å². The van der Waals surface area contributed by atoms with Crippen molar-refractivity contribution in [3.8, 4) is 0 Å². The molecular weight excluding hydrogens is 259 g/mol. The molecule has 3 rings (SSSR count). The zero-order valence-electron chi connectivity index (χ0n) is 10.6. The van der Waals surface area contributed by atoms with Gasteiger partial charge in [0.1, 0.15) is 5.82 Å². The maximum atomic E-state index is 14.0. The monoisotopic (exact) mass is 272 g/mol. The SMILES string of the molecule is NC(=O)c1ccc(F)c2c1[nH]c1cc(CCO)ccc12. The first-order valence-corrected chi connectivity index (χ1v) is 6.25. The number of aliphatic hydroxyl groups excluding tert-OH is 1. The van der Waals surface area contributed by atoms with E-state index in [4.69, 9.17) is 10.8 Å². The number of primary amides is 1. The van der Waals surface area contributed by atoms with Gasteiger partial charge in [0.2, 0.25) is 0 Å². The molecule has 0 saturated heterocycles. The Balaban J connectivity index is 2.37. The van der Waals surface area contributed by atoms with Gasteiger partial charge in [0.05, 0.1) is 11.1 Å². The summed E-state index contributed by atoms with van der Waals surface area (Å²) >= 11 is 0. The first-order chi connectivity index (χ1) is 9.61. The summed E-state index contributed by atoms with van der Waals surface area (Å²) in [5.74, 6) is -0.997. The van der Waals surface area contributed by atoms with Crippen molar-refractivity contribution >= 4 is 27.7 Å². The molecule has 0 aliphatic rings. The number of fused-ring (bicyclic) bond motifs is 3. The number of benzene rings is 2. The minimum Gasteiger partial charge on any atom is -0.396 e. The number of aromatic amines is 1. The molecule has 0 spiro atoms. The van der Waals surface area contributed by atoms with Crippen molar-refractivity contribution in [2.24, 2.45) is 5.73 Å². The summed E-state index contributed by atoms with van der Waals surface area (Å²) in [6.07, 6.45) is 0.524. The van der Waals surface area contributed by atoms with E-state index >= 15 is 0 Å². The van der Waals surface area contributed by atoms with Crippen LogP contribution in [0.2, 0.25) is 0 Å². The largest absolute Gasteiger partial charge is 0.396 e. The number of amides is 1. The number of carbonyl (C=O) groups excluding carboxylic acids is 1. The molecule has 2 aromatic carbocycles. The number of hydrogen-bond acceptors (Lipinski definition) is 2. The molecule has 0 fully saturated rings. The number of aromatic nitrogens is 1. The average Bonchev–Trinajstić information content (AvgIpc) is 2.78. The van der Waals surface area contributed by atoms with Gasteiger partial charge in [0.25, 0.3) is 5.91 Å². The lowest BCUT2D eigenvalue weighted by Crippen LogP contribution is -2.11. The van der Waals surface area contributed by atoms with E-state index in [9.17, 15) is 9.18 Å². The Kier molecular flexibility index (Phi) is 2.91. The van der Waals surface area contributed by atoms with Crippen molar-refractivity contribution in [2.75, 3.05) is 6.61 Å². The van der Waals surface area contributed by atoms with Crippen LogP contribution >= 0.6 is 0 Å². The van der Waals surface area contributed by atoms with Crippen LogP contribution in [-0.2, 0) is 6.42 Å². The molecule has 5 heteroatoms. The number of nitrogens with one attached hydrogen (secondary N) is 1. The quantitative estimate of drug-likeness (QED) is 0.682. The number of nitrogens with two attached hydrogens (primary N) is 1. The fraction of sp³-hybridized carbons (Fsp3) is 0.133. The Bertz CT molecular complexity index is 823. The summed E-state index contributed by atoms with van der Waals surface area (Å²) in [6.45, 7) is 0.0482. The van der Waals surface area contributed by atoms with Crippen molar-refractivity contribution in [1.29, 1.82) is 0 Å². The molecule has 102 valence electrons. The van der Waals surface area contributed by atoms with Crippen LogP contribution in [0.15, 0.2) is 30.3 Å². The minimum atomic E-state index is -0.600. The summed E-state index contributed by atoms with van der Waals surface area (Å²) < 4.78 is 14.0. The Morgan fingerprint density at radius 1 is 1.30 bits per heavy atom. The number of aliphatic hydroxyl groups is 1. The van der Waals surface area contributed by atoms with E-state index in [1.807, 2.05) is 12.1 Å². The van der Waals surface area contributed by atoms with Gasteiger partial charge in [0.15, 0.2) is 0 Å². The second-order valence-corrected chi connectivity index (χ2v) is 4.69. The highest BCUT2D eigenvalue weighted by Crippen LogP contribution is 2.30. The summed E-state index contributed by atoms with van der Waals surface area (Å²) in [5.41, 5.74) is 7.65. The fourth-order valence-corrected chi connectivity index (χ4v) is 2.51. The molecule has 3 aromatic rings. The molecule has 0 atom stereocenters. The molecule has 0 aliphatic heterocycles. The Hall–Kier alpha value is -2.40. The van der Waals surface area contributed by atoms with Crippen LogP contribution in [0.3, 0.4) is 0 Å². The van der Waals surface area contributed by atoms with Gasteiger partial charge in [0, 0.05) is 22.9 Å². The highest BCUT2D eigenvalue weighted by Gasteiger charge is 2.15. The van der Waals surface area contributed by atoms with Crippen LogP contribution in [0.1, 0.15) is 15.9 Å². The third kappa shape index (κ3) is 1.83. The van der Waals surface area contributed by atoms with Gasteiger partial charge in [-0.05, 0) is 30.2 Å². The number of hydrogen-bond donors (Lipinski definition) is 3. The van der Waals surface area contributed by atoms with E-state index in [2.05, 4.69) is 4.98 Å². The van der Waals surface area contributed by atoms with E-state index in [-0.39, 0.29) is 12.2 Å². The number of carbonyl (C=O) groups is 1. The van der Waals surface area contributed by atoms with Gasteiger partial charge in [-0.2, -0.15) is 0 Å². The molecule has 20 heavy (non-hydrogen) atoms. The van der Waals surface area contributed by atoms with Crippen LogP contribution in [0.5, 0.6) is 0 Å². The first-order valence-electron chi connectivity index (χ1n) is 6.25. The third-order valence-electron chi connectivity index (χ3n) is 3.43. The minimum absolute atomic E-state index is 0.0482. The first kappa shape index (κ1) is 12.6. The maximum absolute atomic E-state index is 14.0.